The number of alkyl halides is 3. The molecular weight excluding hydrogens is 410 g/mol. The van der Waals surface area contributed by atoms with Crippen molar-refractivity contribution in [3.8, 4) is 0 Å². The lowest BCUT2D eigenvalue weighted by Gasteiger charge is -2.10. The van der Waals surface area contributed by atoms with E-state index in [0.29, 0.717) is 6.07 Å². The van der Waals surface area contributed by atoms with Crippen LogP contribution in [0.5, 0.6) is 0 Å². The third-order valence-electron chi connectivity index (χ3n) is 3.73. The molecule has 0 radical (unpaired) electrons. The molecule has 0 bridgehead atoms. The lowest BCUT2D eigenvalue weighted by atomic mass is 10.1. The molecule has 0 saturated heterocycles. The van der Waals surface area contributed by atoms with E-state index in [-0.39, 0.29) is 23.5 Å². The molecule has 1 heterocycles. The topological polar surface area (TPSA) is 112 Å². The first-order chi connectivity index (χ1) is 14.0. The van der Waals surface area contributed by atoms with E-state index in [2.05, 4.69) is 15.0 Å². The Kier molecular flexibility index (Phi) is 6.88. The van der Waals surface area contributed by atoms with Crippen LogP contribution in [0.4, 0.5) is 23.4 Å². The highest BCUT2D eigenvalue weighted by Crippen LogP contribution is 2.30. The Morgan fingerprint density at radius 3 is 2.57 bits per heavy atom. The van der Waals surface area contributed by atoms with Crippen molar-refractivity contribution < 1.29 is 37.0 Å². The van der Waals surface area contributed by atoms with Gasteiger partial charge in [-0.15, -0.1) is 0 Å². The Balaban J connectivity index is 2.25. The number of rotatable bonds is 7. The number of aliphatic carboxylic acids is 1. The van der Waals surface area contributed by atoms with Gasteiger partial charge >= 0.3 is 18.1 Å². The van der Waals surface area contributed by atoms with Gasteiger partial charge in [0.05, 0.1) is 12.7 Å². The summed E-state index contributed by atoms with van der Waals surface area (Å²) in [5, 5.41) is 19.1. The largest absolute Gasteiger partial charge is 0.478 e. The number of carboxylic acids is 1. The van der Waals surface area contributed by atoms with Gasteiger partial charge in [-0.1, -0.05) is 6.07 Å². The van der Waals surface area contributed by atoms with Gasteiger partial charge in [-0.05, 0) is 35.9 Å². The molecule has 0 spiro atoms. The van der Waals surface area contributed by atoms with Crippen molar-refractivity contribution in [1.29, 1.82) is 5.41 Å². The molecule has 2 rings (SSSR count). The number of nitrogens with one attached hydrogen (secondary N) is 2. The zero-order chi connectivity index (χ0) is 22.5. The molecular formula is C19H15F4N3O4. The lowest BCUT2D eigenvalue weighted by Crippen LogP contribution is -2.22. The maximum atomic E-state index is 13.5. The van der Waals surface area contributed by atoms with Crippen LogP contribution in [0.1, 0.15) is 16.8 Å². The first-order valence-electron chi connectivity index (χ1n) is 8.21. The molecule has 0 aliphatic carbocycles. The number of carbonyl (C=O) groups is 2. The Bertz CT molecular complexity index is 1020. The van der Waals surface area contributed by atoms with Gasteiger partial charge in [0.25, 0.3) is 0 Å². The number of hydrogen-bond acceptors (Lipinski definition) is 6. The average molecular weight is 425 g/mol. The smallest absolute Gasteiger partial charge is 0.416 e. The van der Waals surface area contributed by atoms with Crippen molar-refractivity contribution in [3.05, 3.63) is 70.8 Å². The second-order valence-corrected chi connectivity index (χ2v) is 5.91. The Hall–Kier alpha value is -3.76. The summed E-state index contributed by atoms with van der Waals surface area (Å²) < 4.78 is 56.4. The van der Waals surface area contributed by atoms with Gasteiger partial charge in [-0.2, -0.15) is 13.2 Å². The Labute approximate surface area is 167 Å². The SMILES string of the molecule is COC(=O)C(=N)/C(=C\Nc1cccc(Cc2cc(F)cc(C(F)(F)F)c2)n1)C(=O)O. The lowest BCUT2D eigenvalue weighted by molar-refractivity contribution is -0.138. The van der Waals surface area contributed by atoms with Crippen molar-refractivity contribution in [3.63, 3.8) is 0 Å². The number of aromatic nitrogens is 1. The van der Waals surface area contributed by atoms with Crippen molar-refractivity contribution >= 4 is 23.5 Å². The van der Waals surface area contributed by atoms with Gasteiger partial charge in [0.2, 0.25) is 0 Å². The summed E-state index contributed by atoms with van der Waals surface area (Å²) in [4.78, 5) is 26.7. The summed E-state index contributed by atoms with van der Waals surface area (Å²) >= 11 is 0. The van der Waals surface area contributed by atoms with Crippen LogP contribution in [-0.4, -0.2) is 34.9 Å². The highest BCUT2D eigenvalue weighted by molar-refractivity contribution is 6.47. The molecule has 0 amide bonds. The van der Waals surface area contributed by atoms with Crippen molar-refractivity contribution in [2.24, 2.45) is 0 Å². The van der Waals surface area contributed by atoms with E-state index in [4.69, 9.17) is 10.5 Å². The van der Waals surface area contributed by atoms with Gasteiger partial charge in [-0.3, -0.25) is 5.41 Å². The van der Waals surface area contributed by atoms with Gasteiger partial charge in [-0.25, -0.2) is 19.0 Å². The molecule has 30 heavy (non-hydrogen) atoms. The van der Waals surface area contributed by atoms with Crippen LogP contribution in [0.15, 0.2) is 48.2 Å². The highest BCUT2D eigenvalue weighted by Gasteiger charge is 2.31. The number of ether oxygens (including phenoxy) is 1. The monoisotopic (exact) mass is 425 g/mol. The van der Waals surface area contributed by atoms with E-state index in [9.17, 15) is 27.2 Å². The molecule has 158 valence electrons. The van der Waals surface area contributed by atoms with E-state index < -0.39 is 40.8 Å². The maximum absolute atomic E-state index is 13.5. The van der Waals surface area contributed by atoms with Crippen LogP contribution in [0, 0.1) is 11.2 Å². The molecule has 0 aliphatic rings. The van der Waals surface area contributed by atoms with Crippen LogP contribution in [-0.2, 0) is 26.9 Å². The highest BCUT2D eigenvalue weighted by atomic mass is 19.4. The first kappa shape index (κ1) is 22.5. The van der Waals surface area contributed by atoms with E-state index in [1.807, 2.05) is 0 Å². The third-order valence-corrected chi connectivity index (χ3v) is 3.73. The number of halogens is 4. The molecule has 1 aromatic heterocycles. The summed E-state index contributed by atoms with van der Waals surface area (Å²) in [5.41, 5.74) is -2.39. The predicted octanol–water partition coefficient (Wildman–Crippen LogP) is 3.40. The van der Waals surface area contributed by atoms with Crippen LogP contribution >= 0.6 is 0 Å². The van der Waals surface area contributed by atoms with E-state index in [0.717, 1.165) is 25.4 Å². The minimum absolute atomic E-state index is 0.0428. The van der Waals surface area contributed by atoms with Crippen molar-refractivity contribution in [2.75, 3.05) is 12.4 Å². The third kappa shape index (κ3) is 5.87. The molecule has 1 aromatic carbocycles. The van der Waals surface area contributed by atoms with Gasteiger partial charge in [0, 0.05) is 18.3 Å². The fourth-order valence-corrected chi connectivity index (χ4v) is 2.38. The standard InChI is InChI=1S/C19H15F4N3O4/c1-30-18(29)16(24)14(17(27)28)9-25-15-4-2-3-13(26-15)7-10-5-11(19(21,22)23)8-12(20)6-10/h2-6,8-9,24H,7H2,1H3,(H,25,26)(H,27,28)/b14-9+,24-16?. The van der Waals surface area contributed by atoms with Gasteiger partial charge in [0.1, 0.15) is 17.2 Å². The quantitative estimate of drug-likeness (QED) is 0.271. The molecule has 3 N–H and O–H groups in total. The van der Waals surface area contributed by atoms with Gasteiger partial charge < -0.3 is 15.2 Å². The average Bonchev–Trinajstić information content (AvgIpc) is 2.66. The van der Waals surface area contributed by atoms with Crippen molar-refractivity contribution in [1.82, 2.24) is 4.98 Å². The number of hydrogen-bond donors (Lipinski definition) is 3. The minimum Gasteiger partial charge on any atom is -0.478 e. The zero-order valence-corrected chi connectivity index (χ0v) is 15.4. The first-order valence-corrected chi connectivity index (χ1v) is 8.21. The van der Waals surface area contributed by atoms with E-state index >= 15 is 0 Å². The second-order valence-electron chi connectivity index (χ2n) is 5.91. The minimum atomic E-state index is -4.70. The number of nitrogens with zero attached hydrogens (tertiary/aromatic N) is 1. The second kappa shape index (κ2) is 9.16. The Morgan fingerprint density at radius 2 is 1.97 bits per heavy atom. The maximum Gasteiger partial charge on any atom is 0.416 e. The van der Waals surface area contributed by atoms with Crippen LogP contribution in [0.2, 0.25) is 0 Å². The van der Waals surface area contributed by atoms with Crippen LogP contribution in [0.3, 0.4) is 0 Å². The zero-order valence-electron chi connectivity index (χ0n) is 15.4. The molecule has 7 nitrogen and oxygen atoms in total. The number of carboxylic acid groups (broad SMARTS) is 1. The summed E-state index contributed by atoms with van der Waals surface area (Å²) in [6, 6.07) is 6.57. The number of benzene rings is 1. The summed E-state index contributed by atoms with van der Waals surface area (Å²) in [6.07, 6.45) is -3.96. The van der Waals surface area contributed by atoms with Crippen molar-refractivity contribution in [2.45, 2.75) is 12.6 Å². The number of anilines is 1. The molecule has 0 aliphatic heterocycles. The molecule has 0 unspecified atom stereocenters. The number of esters is 1. The number of pyridine rings is 1. The van der Waals surface area contributed by atoms with Gasteiger partial charge in [0.15, 0.2) is 5.71 Å². The molecule has 0 fully saturated rings. The molecule has 0 saturated carbocycles. The fourth-order valence-electron chi connectivity index (χ4n) is 2.38. The molecule has 11 heteroatoms. The normalized spacial score (nSPS) is 11.7. The summed E-state index contributed by atoms with van der Waals surface area (Å²) in [7, 11) is 0.991. The molecule has 2 aromatic rings. The van der Waals surface area contributed by atoms with Crippen LogP contribution < -0.4 is 5.32 Å². The van der Waals surface area contributed by atoms with Crippen LogP contribution in [0.25, 0.3) is 0 Å². The Morgan fingerprint density at radius 1 is 1.27 bits per heavy atom. The number of carbonyl (C=O) groups excluding carboxylic acids is 1. The predicted molar refractivity (Wildman–Crippen MR) is 97.5 cm³/mol. The van der Waals surface area contributed by atoms with E-state index in [1.165, 1.54) is 18.2 Å². The summed E-state index contributed by atoms with van der Waals surface area (Å²) in [5.74, 6) is -3.66. The summed E-state index contributed by atoms with van der Waals surface area (Å²) in [6.45, 7) is 0. The fraction of sp³-hybridized carbons (Fsp3) is 0.158. The van der Waals surface area contributed by atoms with E-state index in [1.54, 1.807) is 0 Å². The number of methoxy groups -OCH3 is 1. The molecule has 0 atom stereocenters.